The number of carbonyl (C=O) groups is 1. The minimum Gasteiger partial charge on any atom is -0.392 e. The molecular weight excluding hydrogens is 314 g/mol. The zero-order chi connectivity index (χ0) is 16.7. The average Bonchev–Trinajstić information content (AvgIpc) is 2.92. The Bertz CT molecular complexity index is 616. The lowest BCUT2D eigenvalue weighted by Gasteiger charge is -2.24. The van der Waals surface area contributed by atoms with E-state index in [1.807, 2.05) is 30.3 Å². The molecule has 0 unspecified atom stereocenters. The summed E-state index contributed by atoms with van der Waals surface area (Å²) in [7, 11) is 0. The first-order valence-corrected chi connectivity index (χ1v) is 8.56. The van der Waals surface area contributed by atoms with Crippen molar-refractivity contribution in [1.29, 1.82) is 0 Å². The summed E-state index contributed by atoms with van der Waals surface area (Å²) in [5.74, 6) is 1.93. The maximum absolute atomic E-state index is 12.4. The molecule has 124 valence electrons. The van der Waals surface area contributed by atoms with Gasteiger partial charge in [-0.25, -0.2) is 0 Å². The number of rotatable bonds is 8. The monoisotopic (exact) mass is 335 g/mol. The van der Waals surface area contributed by atoms with E-state index in [-0.39, 0.29) is 5.91 Å². The molecule has 0 spiro atoms. The minimum absolute atomic E-state index is 0.0139. The van der Waals surface area contributed by atoms with E-state index in [2.05, 4.69) is 10.1 Å². The number of carbonyl (C=O) groups excluding carboxylic acids is 1. The Hall–Kier alpha value is -1.86. The summed E-state index contributed by atoms with van der Waals surface area (Å²) < 4.78 is 4.90. The number of aliphatic hydroxyl groups is 1. The summed E-state index contributed by atoms with van der Waals surface area (Å²) in [5.41, 5.74) is 1.04. The minimum atomic E-state index is -0.562. The number of nitrogens with zero attached hydrogens (tertiary/aromatic N) is 3. The number of benzene rings is 1. The van der Waals surface area contributed by atoms with E-state index < -0.39 is 6.10 Å². The van der Waals surface area contributed by atoms with Crippen LogP contribution in [0.2, 0.25) is 0 Å². The fourth-order valence-electron chi connectivity index (χ4n) is 2.10. The highest BCUT2D eigenvalue weighted by atomic mass is 32.2. The van der Waals surface area contributed by atoms with Gasteiger partial charge >= 0.3 is 0 Å². The summed E-state index contributed by atoms with van der Waals surface area (Å²) in [5, 5.41) is 13.4. The van der Waals surface area contributed by atoms with Crippen molar-refractivity contribution in [3.05, 3.63) is 47.6 Å². The Morgan fingerprint density at radius 2 is 2.13 bits per heavy atom. The number of amides is 1. The SMILES string of the molecule is Cc1nc(CSCC(=O)N(Cc2ccccc2)C[C@H](C)O)no1. The standard InChI is InChI=1S/C16H21N3O3S/c1-12(20)8-19(9-14-6-4-3-5-7-14)16(21)11-23-10-15-17-13(2)22-18-15/h3-7,12,20H,8-11H2,1-2H3/t12-/m0/s1. The predicted molar refractivity (Wildman–Crippen MR) is 88.7 cm³/mol. The third kappa shape index (κ3) is 6.03. The molecule has 1 aromatic carbocycles. The first-order valence-electron chi connectivity index (χ1n) is 7.41. The van der Waals surface area contributed by atoms with Crippen LogP contribution in [-0.4, -0.2) is 44.5 Å². The largest absolute Gasteiger partial charge is 0.392 e. The van der Waals surface area contributed by atoms with Crippen LogP contribution < -0.4 is 0 Å². The second kappa shape index (κ2) is 8.69. The molecule has 1 amide bonds. The Morgan fingerprint density at radius 3 is 2.74 bits per heavy atom. The van der Waals surface area contributed by atoms with Crippen molar-refractivity contribution >= 4 is 17.7 Å². The van der Waals surface area contributed by atoms with Crippen LogP contribution in [0.4, 0.5) is 0 Å². The predicted octanol–water partition coefficient (Wildman–Crippen LogP) is 2.02. The van der Waals surface area contributed by atoms with E-state index in [1.165, 1.54) is 11.8 Å². The van der Waals surface area contributed by atoms with Crippen molar-refractivity contribution in [3.63, 3.8) is 0 Å². The molecule has 2 aromatic rings. The third-order valence-electron chi connectivity index (χ3n) is 3.08. The Morgan fingerprint density at radius 1 is 1.39 bits per heavy atom. The number of aliphatic hydroxyl groups excluding tert-OH is 1. The maximum Gasteiger partial charge on any atom is 0.232 e. The molecule has 0 bridgehead atoms. The lowest BCUT2D eigenvalue weighted by Crippen LogP contribution is -2.37. The van der Waals surface area contributed by atoms with Crippen LogP contribution in [0, 0.1) is 6.92 Å². The molecule has 6 nitrogen and oxygen atoms in total. The van der Waals surface area contributed by atoms with Gasteiger partial charge in [-0.2, -0.15) is 4.98 Å². The molecular formula is C16H21N3O3S. The Balaban J connectivity index is 1.88. The molecule has 2 rings (SSSR count). The molecule has 0 saturated heterocycles. The van der Waals surface area contributed by atoms with E-state index in [9.17, 15) is 9.90 Å². The van der Waals surface area contributed by atoms with Gasteiger partial charge in [-0.05, 0) is 12.5 Å². The molecule has 1 aromatic heterocycles. The molecule has 1 N–H and O–H groups in total. The maximum atomic E-state index is 12.4. The molecule has 0 fully saturated rings. The smallest absolute Gasteiger partial charge is 0.232 e. The molecule has 1 heterocycles. The molecule has 7 heteroatoms. The fourth-order valence-corrected chi connectivity index (χ4v) is 2.86. The van der Waals surface area contributed by atoms with Crippen LogP contribution in [0.25, 0.3) is 0 Å². The lowest BCUT2D eigenvalue weighted by atomic mass is 10.2. The fraction of sp³-hybridized carbons (Fsp3) is 0.438. The van der Waals surface area contributed by atoms with Crippen molar-refractivity contribution in [2.24, 2.45) is 0 Å². The summed E-state index contributed by atoms with van der Waals surface area (Å²) >= 11 is 1.44. The van der Waals surface area contributed by atoms with Gasteiger partial charge in [-0.15, -0.1) is 11.8 Å². The molecule has 0 saturated carbocycles. The average molecular weight is 335 g/mol. The van der Waals surface area contributed by atoms with Crippen LogP contribution in [0.15, 0.2) is 34.9 Å². The second-order valence-corrected chi connectivity index (χ2v) is 6.32. The summed E-state index contributed by atoms with van der Waals surface area (Å²) in [6.07, 6.45) is -0.562. The van der Waals surface area contributed by atoms with Gasteiger partial charge in [0, 0.05) is 20.0 Å². The quantitative estimate of drug-likeness (QED) is 0.795. The third-order valence-corrected chi connectivity index (χ3v) is 3.99. The highest BCUT2D eigenvalue weighted by Crippen LogP contribution is 2.12. The number of hydrogen-bond donors (Lipinski definition) is 1. The van der Waals surface area contributed by atoms with Crippen molar-refractivity contribution in [1.82, 2.24) is 15.0 Å². The van der Waals surface area contributed by atoms with Crippen LogP contribution >= 0.6 is 11.8 Å². The van der Waals surface area contributed by atoms with E-state index in [4.69, 9.17) is 4.52 Å². The van der Waals surface area contributed by atoms with Gasteiger partial charge in [0.15, 0.2) is 5.82 Å². The van der Waals surface area contributed by atoms with Gasteiger partial charge in [0.1, 0.15) is 0 Å². The van der Waals surface area contributed by atoms with Crippen molar-refractivity contribution in [3.8, 4) is 0 Å². The van der Waals surface area contributed by atoms with Gasteiger partial charge in [0.2, 0.25) is 11.8 Å². The molecule has 0 aliphatic carbocycles. The van der Waals surface area contributed by atoms with Crippen molar-refractivity contribution in [2.45, 2.75) is 32.2 Å². The number of aryl methyl sites for hydroxylation is 1. The molecule has 23 heavy (non-hydrogen) atoms. The summed E-state index contributed by atoms with van der Waals surface area (Å²) in [6, 6.07) is 9.75. The number of aromatic nitrogens is 2. The Labute approximate surface area is 139 Å². The van der Waals surface area contributed by atoms with Crippen LogP contribution in [0.5, 0.6) is 0 Å². The van der Waals surface area contributed by atoms with Gasteiger partial charge in [0.05, 0.1) is 17.6 Å². The van der Waals surface area contributed by atoms with Gasteiger partial charge < -0.3 is 14.5 Å². The first kappa shape index (κ1) is 17.5. The number of thioether (sulfide) groups is 1. The summed E-state index contributed by atoms with van der Waals surface area (Å²) in [4.78, 5) is 18.2. The normalized spacial score (nSPS) is 12.1. The highest BCUT2D eigenvalue weighted by molar-refractivity contribution is 7.99. The molecule has 0 aliphatic rings. The van der Waals surface area contributed by atoms with E-state index in [0.29, 0.717) is 36.3 Å². The van der Waals surface area contributed by atoms with Crippen LogP contribution in [0.1, 0.15) is 24.2 Å². The highest BCUT2D eigenvalue weighted by Gasteiger charge is 2.16. The van der Waals surface area contributed by atoms with Gasteiger partial charge in [-0.3, -0.25) is 4.79 Å². The zero-order valence-electron chi connectivity index (χ0n) is 13.3. The van der Waals surface area contributed by atoms with Gasteiger partial charge in [0.25, 0.3) is 0 Å². The Kier molecular flexibility index (Phi) is 6.61. The van der Waals surface area contributed by atoms with Gasteiger partial charge in [-0.1, -0.05) is 35.5 Å². The molecule has 0 radical (unpaired) electrons. The van der Waals surface area contributed by atoms with Crippen molar-refractivity contribution < 1.29 is 14.4 Å². The lowest BCUT2D eigenvalue weighted by molar-refractivity contribution is -0.130. The molecule has 1 atom stereocenters. The molecule has 0 aliphatic heterocycles. The second-order valence-electron chi connectivity index (χ2n) is 5.33. The first-order chi connectivity index (χ1) is 11.0. The zero-order valence-corrected chi connectivity index (χ0v) is 14.1. The van der Waals surface area contributed by atoms with Crippen molar-refractivity contribution in [2.75, 3.05) is 12.3 Å². The van der Waals surface area contributed by atoms with Crippen LogP contribution in [0.3, 0.4) is 0 Å². The van der Waals surface area contributed by atoms with E-state index in [0.717, 1.165) is 5.56 Å². The summed E-state index contributed by atoms with van der Waals surface area (Å²) in [6.45, 7) is 4.22. The topological polar surface area (TPSA) is 79.5 Å². The van der Waals surface area contributed by atoms with Crippen LogP contribution in [-0.2, 0) is 17.1 Å². The van der Waals surface area contributed by atoms with E-state index >= 15 is 0 Å². The number of hydrogen-bond acceptors (Lipinski definition) is 6. The van der Waals surface area contributed by atoms with E-state index in [1.54, 1.807) is 18.7 Å².